The molecule has 1 aliphatic heterocycles. The zero-order valence-corrected chi connectivity index (χ0v) is 24.2. The van der Waals surface area contributed by atoms with Crippen LogP contribution in [0.4, 0.5) is 24.5 Å². The first-order valence-corrected chi connectivity index (χ1v) is 14.2. The van der Waals surface area contributed by atoms with Crippen LogP contribution in [0.5, 0.6) is 0 Å². The molecule has 0 saturated carbocycles. The van der Waals surface area contributed by atoms with Crippen molar-refractivity contribution in [3.63, 3.8) is 0 Å². The third kappa shape index (κ3) is 7.90. The number of amides is 1. The van der Waals surface area contributed by atoms with E-state index >= 15 is 0 Å². The summed E-state index contributed by atoms with van der Waals surface area (Å²) in [6, 6.07) is 16.8. The first-order valence-electron chi connectivity index (χ1n) is 14.2. The Hall–Kier alpha value is -4.44. The van der Waals surface area contributed by atoms with Crippen LogP contribution in [0.2, 0.25) is 0 Å². The van der Waals surface area contributed by atoms with Gasteiger partial charge in [-0.25, -0.2) is 4.98 Å². The number of carbonyl (C=O) groups excluding carboxylic acids is 1. The quantitative estimate of drug-likeness (QED) is 0.199. The molecule has 1 saturated heterocycles. The number of anilines is 2. The lowest BCUT2D eigenvalue weighted by atomic mass is 10.0. The third-order valence-electron chi connectivity index (χ3n) is 7.72. The Morgan fingerprint density at radius 2 is 1.65 bits per heavy atom. The second-order valence-corrected chi connectivity index (χ2v) is 10.7. The zero-order chi connectivity index (χ0) is 30.4. The lowest BCUT2D eigenvalue weighted by molar-refractivity contribution is -0.137. The van der Waals surface area contributed by atoms with Gasteiger partial charge in [-0.2, -0.15) is 13.2 Å². The van der Waals surface area contributed by atoms with Crippen LogP contribution in [-0.2, 0) is 24.1 Å². The van der Waals surface area contributed by atoms with Gasteiger partial charge in [-0.3, -0.25) is 14.7 Å². The highest BCUT2D eigenvalue weighted by molar-refractivity contribution is 5.92. The van der Waals surface area contributed by atoms with E-state index in [0.717, 1.165) is 60.7 Å². The molecule has 224 valence electrons. The van der Waals surface area contributed by atoms with Crippen molar-refractivity contribution in [1.29, 1.82) is 0 Å². The topological polar surface area (TPSA) is 65.7 Å². The number of oxazole rings is 1. The van der Waals surface area contributed by atoms with Gasteiger partial charge in [-0.1, -0.05) is 24.3 Å². The van der Waals surface area contributed by atoms with Crippen molar-refractivity contribution < 1.29 is 22.4 Å². The smallest absolute Gasteiger partial charge is 0.416 e. The van der Waals surface area contributed by atoms with Gasteiger partial charge < -0.3 is 14.2 Å². The van der Waals surface area contributed by atoms with E-state index in [1.807, 2.05) is 55.3 Å². The molecule has 0 N–H and O–H groups in total. The van der Waals surface area contributed by atoms with Crippen LogP contribution in [0.1, 0.15) is 41.1 Å². The molecule has 1 aliphatic rings. The molecule has 1 amide bonds. The summed E-state index contributed by atoms with van der Waals surface area (Å²) in [5, 5.41) is 0. The molecule has 0 spiro atoms. The molecule has 0 unspecified atom stereocenters. The minimum Gasteiger partial charge on any atom is -0.449 e. The van der Waals surface area contributed by atoms with E-state index in [2.05, 4.69) is 19.8 Å². The van der Waals surface area contributed by atoms with Crippen molar-refractivity contribution >= 4 is 23.4 Å². The van der Waals surface area contributed by atoms with Gasteiger partial charge in [0.2, 0.25) is 5.91 Å². The summed E-state index contributed by atoms with van der Waals surface area (Å²) >= 11 is 0. The predicted molar refractivity (Wildman–Crippen MR) is 159 cm³/mol. The van der Waals surface area contributed by atoms with E-state index < -0.39 is 11.7 Å². The molecule has 5 rings (SSSR count). The van der Waals surface area contributed by atoms with Gasteiger partial charge in [0.25, 0.3) is 0 Å². The number of hydrogen-bond donors (Lipinski definition) is 0. The fraction of sp³-hybridized carbons (Fsp3) is 0.303. The van der Waals surface area contributed by atoms with Gasteiger partial charge in [0.15, 0.2) is 5.89 Å². The number of piperidine rings is 1. The Morgan fingerprint density at radius 3 is 2.26 bits per heavy atom. The van der Waals surface area contributed by atoms with Crippen molar-refractivity contribution in [2.24, 2.45) is 0 Å². The average molecular weight is 590 g/mol. The van der Waals surface area contributed by atoms with Crippen LogP contribution in [-0.4, -0.2) is 51.9 Å². The van der Waals surface area contributed by atoms with E-state index in [9.17, 15) is 18.0 Å². The number of alkyl halides is 3. The van der Waals surface area contributed by atoms with Crippen molar-refractivity contribution in [2.45, 2.75) is 45.1 Å². The number of likely N-dealkylation sites (tertiary alicyclic amines) is 1. The molecule has 4 aromatic rings. The molecule has 0 bridgehead atoms. The predicted octanol–water partition coefficient (Wildman–Crippen LogP) is 6.87. The van der Waals surface area contributed by atoms with Gasteiger partial charge >= 0.3 is 6.18 Å². The number of rotatable bonds is 9. The van der Waals surface area contributed by atoms with Gasteiger partial charge in [0, 0.05) is 76.0 Å². The maximum Gasteiger partial charge on any atom is 0.416 e. The monoisotopic (exact) mass is 589 g/mol. The van der Waals surface area contributed by atoms with Crippen LogP contribution in [0, 0.1) is 6.92 Å². The number of nitrogens with zero attached hydrogens (tertiary/aromatic N) is 5. The third-order valence-corrected chi connectivity index (χ3v) is 7.72. The number of halogens is 3. The summed E-state index contributed by atoms with van der Waals surface area (Å²) in [7, 11) is 1.99. The number of pyridine rings is 1. The fourth-order valence-corrected chi connectivity index (χ4v) is 5.27. The Bertz CT molecular complexity index is 1510. The summed E-state index contributed by atoms with van der Waals surface area (Å²) in [5.41, 5.74) is 3.71. The number of carbonyl (C=O) groups is 1. The summed E-state index contributed by atoms with van der Waals surface area (Å²) in [6.45, 7) is 4.54. The fourth-order valence-electron chi connectivity index (χ4n) is 5.27. The largest absolute Gasteiger partial charge is 0.449 e. The Balaban J connectivity index is 1.30. The van der Waals surface area contributed by atoms with Crippen molar-refractivity contribution in [1.82, 2.24) is 19.8 Å². The average Bonchev–Trinajstić information content (AvgIpc) is 3.43. The number of hydrogen-bond acceptors (Lipinski definition) is 6. The molecular formula is C33H34F3N5O2. The SMILES string of the molecule is Cc1nc(CN2CCC(N(Cc3ccc(N(C)c4ccncc4)cc3)C(=O)/C=C/c3ccc(C(F)(F)F)cc3)CC2)co1. The Labute approximate surface area is 249 Å². The standard InChI is InChI=1S/C33H34F3N5O2/c1-24-38-28(23-43-24)22-40-19-15-31(16-20-40)41(32(42)12-7-25-3-8-27(9-4-25)33(34,35)36)21-26-5-10-29(11-6-26)39(2)30-13-17-37-18-14-30/h3-14,17-18,23,31H,15-16,19-22H2,1-2H3/b12-7+. The van der Waals surface area contributed by atoms with Crippen molar-refractivity contribution in [2.75, 3.05) is 25.0 Å². The molecule has 43 heavy (non-hydrogen) atoms. The molecule has 0 aliphatic carbocycles. The molecule has 7 nitrogen and oxygen atoms in total. The van der Waals surface area contributed by atoms with Gasteiger partial charge in [0.05, 0.1) is 11.3 Å². The lowest BCUT2D eigenvalue weighted by Crippen LogP contribution is -2.46. The molecule has 3 heterocycles. The number of aromatic nitrogens is 2. The lowest BCUT2D eigenvalue weighted by Gasteiger charge is -2.38. The molecule has 2 aromatic carbocycles. The van der Waals surface area contributed by atoms with E-state index in [4.69, 9.17) is 4.42 Å². The van der Waals surface area contributed by atoms with E-state index in [1.54, 1.807) is 24.7 Å². The highest BCUT2D eigenvalue weighted by Gasteiger charge is 2.30. The van der Waals surface area contributed by atoms with Crippen LogP contribution < -0.4 is 4.90 Å². The molecule has 0 radical (unpaired) electrons. The van der Waals surface area contributed by atoms with Crippen LogP contribution in [0.25, 0.3) is 6.08 Å². The second kappa shape index (κ2) is 13.2. The molecular weight excluding hydrogens is 555 g/mol. The normalized spacial score (nSPS) is 14.7. The van der Waals surface area contributed by atoms with Gasteiger partial charge in [0.1, 0.15) is 6.26 Å². The Morgan fingerprint density at radius 1 is 1.00 bits per heavy atom. The molecule has 2 aromatic heterocycles. The van der Waals surface area contributed by atoms with Crippen LogP contribution in [0.15, 0.2) is 89.8 Å². The van der Waals surface area contributed by atoms with E-state index in [-0.39, 0.29) is 11.9 Å². The maximum absolute atomic E-state index is 13.6. The number of benzene rings is 2. The van der Waals surface area contributed by atoms with Crippen molar-refractivity contribution in [3.8, 4) is 0 Å². The van der Waals surface area contributed by atoms with Crippen LogP contribution >= 0.6 is 0 Å². The summed E-state index contributed by atoms with van der Waals surface area (Å²) in [6.07, 6.45) is 5.39. The minimum absolute atomic E-state index is 0.0132. The van der Waals surface area contributed by atoms with Gasteiger partial charge in [-0.15, -0.1) is 0 Å². The summed E-state index contributed by atoms with van der Waals surface area (Å²) in [5.74, 6) is 0.461. The number of aryl methyl sites for hydroxylation is 1. The molecule has 1 fully saturated rings. The molecule has 10 heteroatoms. The van der Waals surface area contributed by atoms with E-state index in [0.29, 0.717) is 24.5 Å². The van der Waals surface area contributed by atoms with Gasteiger partial charge in [-0.05, 0) is 66.4 Å². The van der Waals surface area contributed by atoms with Crippen LogP contribution in [0.3, 0.4) is 0 Å². The first kappa shape index (κ1) is 30.0. The summed E-state index contributed by atoms with van der Waals surface area (Å²) < 4.78 is 44.2. The second-order valence-electron chi connectivity index (χ2n) is 10.7. The van der Waals surface area contributed by atoms with E-state index in [1.165, 1.54) is 18.2 Å². The highest BCUT2D eigenvalue weighted by atomic mass is 19.4. The summed E-state index contributed by atoms with van der Waals surface area (Å²) in [4.78, 5) is 28.3. The highest BCUT2D eigenvalue weighted by Crippen LogP contribution is 2.29. The zero-order valence-electron chi connectivity index (χ0n) is 24.2. The minimum atomic E-state index is -4.40. The Kier molecular flexibility index (Phi) is 9.25. The molecule has 0 atom stereocenters. The van der Waals surface area contributed by atoms with Crippen molar-refractivity contribution in [3.05, 3.63) is 114 Å². The first-order chi connectivity index (χ1) is 20.7. The maximum atomic E-state index is 13.6.